The van der Waals surface area contributed by atoms with Crippen molar-refractivity contribution in [2.24, 2.45) is 23.2 Å². The van der Waals surface area contributed by atoms with Gasteiger partial charge in [-0.15, -0.1) is 0 Å². The van der Waals surface area contributed by atoms with Gasteiger partial charge >= 0.3 is 6.03 Å². The number of imide groups is 1. The zero-order valence-electron chi connectivity index (χ0n) is 19.3. The fourth-order valence-corrected chi connectivity index (χ4v) is 7.81. The highest BCUT2D eigenvalue weighted by atomic mass is 16.2. The first-order valence-electron chi connectivity index (χ1n) is 12.7. The second-order valence-corrected chi connectivity index (χ2v) is 11.5. The Morgan fingerprint density at radius 2 is 1.77 bits per heavy atom. The van der Waals surface area contributed by atoms with Crippen molar-refractivity contribution in [1.29, 1.82) is 0 Å². The number of amides is 3. The van der Waals surface area contributed by atoms with Crippen molar-refractivity contribution in [3.63, 3.8) is 0 Å². The Labute approximate surface area is 186 Å². The molecule has 172 valence electrons. The molecule has 31 heavy (non-hydrogen) atoms. The highest BCUT2D eigenvalue weighted by Crippen LogP contribution is 2.54. The number of carbonyl (C=O) groups excluding carboxylic acids is 3. The van der Waals surface area contributed by atoms with Gasteiger partial charge in [0.1, 0.15) is 5.54 Å². The van der Waals surface area contributed by atoms with Crippen molar-refractivity contribution in [3.8, 4) is 0 Å². The van der Waals surface area contributed by atoms with Crippen LogP contribution in [0.4, 0.5) is 4.79 Å². The van der Waals surface area contributed by atoms with Gasteiger partial charge < -0.3 is 10.2 Å². The number of Topliss-reactive ketones (excluding diaryl/α,β-unsaturated/α-hetero) is 1. The van der Waals surface area contributed by atoms with Gasteiger partial charge in [-0.3, -0.25) is 14.5 Å². The van der Waals surface area contributed by atoms with Crippen LogP contribution in [0.3, 0.4) is 0 Å². The van der Waals surface area contributed by atoms with Crippen molar-refractivity contribution < 1.29 is 14.4 Å². The van der Waals surface area contributed by atoms with Gasteiger partial charge in [-0.2, -0.15) is 0 Å². The summed E-state index contributed by atoms with van der Waals surface area (Å²) in [5.41, 5.74) is -0.560. The van der Waals surface area contributed by atoms with E-state index in [4.69, 9.17) is 0 Å². The average Bonchev–Trinajstić information content (AvgIpc) is 3.51. The summed E-state index contributed by atoms with van der Waals surface area (Å²) < 4.78 is 0. The fraction of sp³-hybridized carbons (Fsp3) is 0.880. The molecule has 0 aromatic heterocycles. The summed E-state index contributed by atoms with van der Waals surface area (Å²) in [5, 5.41) is 3.47. The molecule has 5 rings (SSSR count). The quantitative estimate of drug-likeness (QED) is 0.691. The Bertz CT molecular complexity index is 759. The summed E-state index contributed by atoms with van der Waals surface area (Å²) in [4.78, 5) is 42.7. The van der Waals surface area contributed by atoms with Crippen molar-refractivity contribution in [3.05, 3.63) is 0 Å². The number of hydrogen-bond donors (Lipinski definition) is 1. The first-order valence-corrected chi connectivity index (χ1v) is 12.7. The molecule has 2 aliphatic heterocycles. The van der Waals surface area contributed by atoms with E-state index < -0.39 is 5.54 Å². The fourth-order valence-electron chi connectivity index (χ4n) is 7.81. The third-order valence-electron chi connectivity index (χ3n) is 9.83. The van der Waals surface area contributed by atoms with E-state index in [0.717, 1.165) is 19.4 Å². The SMILES string of the molecule is CN1C(=O)N(CC(=O)C2CC3(CCCCCCC3)CN2)C(=O)C1(C)C1C[C@H]2CC[C@@H]1C2. The van der Waals surface area contributed by atoms with Gasteiger partial charge in [-0.25, -0.2) is 4.79 Å². The largest absolute Gasteiger partial charge is 0.327 e. The van der Waals surface area contributed by atoms with E-state index in [1.165, 1.54) is 69.1 Å². The van der Waals surface area contributed by atoms with Crippen LogP contribution in [0.5, 0.6) is 0 Å². The third kappa shape index (κ3) is 3.44. The van der Waals surface area contributed by atoms with Gasteiger partial charge in [0, 0.05) is 13.6 Å². The maximum absolute atomic E-state index is 13.5. The molecule has 2 heterocycles. The van der Waals surface area contributed by atoms with E-state index in [2.05, 4.69) is 5.32 Å². The summed E-state index contributed by atoms with van der Waals surface area (Å²) >= 11 is 0. The number of nitrogens with zero attached hydrogens (tertiary/aromatic N) is 2. The molecule has 3 saturated carbocycles. The van der Waals surface area contributed by atoms with Crippen LogP contribution in [0.25, 0.3) is 0 Å². The van der Waals surface area contributed by atoms with Gasteiger partial charge in [-0.1, -0.05) is 38.5 Å². The predicted molar refractivity (Wildman–Crippen MR) is 118 cm³/mol. The molecule has 1 spiro atoms. The number of hydrogen-bond acceptors (Lipinski definition) is 4. The molecule has 6 nitrogen and oxygen atoms in total. The first-order chi connectivity index (χ1) is 14.8. The molecule has 0 aromatic carbocycles. The smallest absolute Gasteiger partial charge is 0.313 e. The number of urea groups is 1. The predicted octanol–water partition coefficient (Wildman–Crippen LogP) is 3.74. The Morgan fingerprint density at radius 3 is 2.42 bits per heavy atom. The lowest BCUT2D eigenvalue weighted by molar-refractivity contribution is -0.138. The van der Waals surface area contributed by atoms with Crippen LogP contribution in [0.2, 0.25) is 0 Å². The van der Waals surface area contributed by atoms with Crippen molar-refractivity contribution in [2.45, 2.75) is 95.6 Å². The minimum absolute atomic E-state index is 0.00577. The highest BCUT2D eigenvalue weighted by molar-refractivity contribution is 6.09. The van der Waals surface area contributed by atoms with Crippen LogP contribution in [0.1, 0.15) is 84.0 Å². The molecule has 0 aromatic rings. The molecule has 2 saturated heterocycles. The van der Waals surface area contributed by atoms with Gasteiger partial charge in [0.25, 0.3) is 5.91 Å². The number of fused-ring (bicyclic) bond motifs is 2. The molecule has 0 radical (unpaired) electrons. The van der Waals surface area contributed by atoms with Gasteiger partial charge in [0.05, 0.1) is 12.6 Å². The van der Waals surface area contributed by atoms with Crippen LogP contribution < -0.4 is 5.32 Å². The number of nitrogens with one attached hydrogen (secondary N) is 1. The van der Waals surface area contributed by atoms with Crippen LogP contribution >= 0.6 is 0 Å². The molecule has 1 N–H and O–H groups in total. The monoisotopic (exact) mass is 429 g/mol. The maximum atomic E-state index is 13.5. The third-order valence-corrected chi connectivity index (χ3v) is 9.83. The molecule has 5 atom stereocenters. The Kier molecular flexibility index (Phi) is 5.43. The van der Waals surface area contributed by atoms with Crippen LogP contribution in [0, 0.1) is 23.2 Å². The molecule has 5 aliphatic rings. The zero-order chi connectivity index (χ0) is 21.8. The first kappa shape index (κ1) is 21.4. The summed E-state index contributed by atoms with van der Waals surface area (Å²) in [6.07, 6.45) is 14.3. The molecule has 6 heteroatoms. The van der Waals surface area contributed by atoms with E-state index in [9.17, 15) is 14.4 Å². The molecule has 3 unspecified atom stereocenters. The summed E-state index contributed by atoms with van der Waals surface area (Å²) in [5.74, 6) is 1.34. The Hall–Kier alpha value is -1.43. The minimum atomic E-state index is -0.791. The van der Waals surface area contributed by atoms with E-state index in [-0.39, 0.29) is 41.6 Å². The zero-order valence-corrected chi connectivity index (χ0v) is 19.3. The van der Waals surface area contributed by atoms with E-state index >= 15 is 0 Å². The van der Waals surface area contributed by atoms with Crippen LogP contribution in [-0.2, 0) is 9.59 Å². The molecule has 3 amide bonds. The lowest BCUT2D eigenvalue weighted by Crippen LogP contribution is -2.53. The molecule has 5 fully saturated rings. The second kappa shape index (κ2) is 7.86. The molecule has 2 bridgehead atoms. The van der Waals surface area contributed by atoms with Crippen LogP contribution in [0.15, 0.2) is 0 Å². The maximum Gasteiger partial charge on any atom is 0.327 e. The summed E-state index contributed by atoms with van der Waals surface area (Å²) in [6, 6.07) is -0.512. The summed E-state index contributed by atoms with van der Waals surface area (Å²) in [6.45, 7) is 2.76. The van der Waals surface area contributed by atoms with Gasteiger partial charge in [-0.05, 0) is 68.6 Å². The number of carbonyl (C=O) groups is 3. The standard InChI is InChI=1S/C25H39N3O3/c1-24(19-13-17-8-9-18(19)12-17)22(30)28(23(31)27(24)2)15-21(29)20-14-25(16-26-20)10-6-4-3-5-7-11-25/h17-20,26H,3-16H2,1-2H3/t17-,18+,19?,20?,24?/m0/s1. The van der Waals surface area contributed by atoms with E-state index in [0.29, 0.717) is 11.8 Å². The molecule has 3 aliphatic carbocycles. The average molecular weight is 430 g/mol. The second-order valence-electron chi connectivity index (χ2n) is 11.5. The van der Waals surface area contributed by atoms with E-state index in [1.807, 2.05) is 6.92 Å². The number of rotatable bonds is 4. The van der Waals surface area contributed by atoms with Gasteiger partial charge in [0.15, 0.2) is 5.78 Å². The Morgan fingerprint density at radius 1 is 1.06 bits per heavy atom. The lowest BCUT2D eigenvalue weighted by Gasteiger charge is -2.39. The minimum Gasteiger partial charge on any atom is -0.313 e. The van der Waals surface area contributed by atoms with Gasteiger partial charge in [0.2, 0.25) is 0 Å². The van der Waals surface area contributed by atoms with E-state index in [1.54, 1.807) is 11.9 Å². The molecular formula is C25H39N3O3. The van der Waals surface area contributed by atoms with Crippen molar-refractivity contribution in [2.75, 3.05) is 20.1 Å². The lowest BCUT2D eigenvalue weighted by atomic mass is 9.74. The number of ketones is 1. The van der Waals surface area contributed by atoms with Crippen molar-refractivity contribution in [1.82, 2.24) is 15.1 Å². The van der Waals surface area contributed by atoms with Crippen molar-refractivity contribution >= 4 is 17.7 Å². The molecular weight excluding hydrogens is 390 g/mol. The highest BCUT2D eigenvalue weighted by Gasteiger charge is 2.61. The van der Waals surface area contributed by atoms with Crippen LogP contribution in [-0.4, -0.2) is 59.2 Å². The normalized spacial score (nSPS) is 40.1. The summed E-state index contributed by atoms with van der Waals surface area (Å²) in [7, 11) is 1.76. The number of likely N-dealkylation sites (N-methyl/N-ethyl adjacent to an activating group) is 1. The Balaban J connectivity index is 1.26. The topological polar surface area (TPSA) is 69.7 Å².